The van der Waals surface area contributed by atoms with Gasteiger partial charge >= 0.3 is 6.18 Å². The monoisotopic (exact) mass is 275 g/mol. The molecule has 1 amide bonds. The smallest absolute Gasteiger partial charge is 0.398 e. The van der Waals surface area contributed by atoms with Crippen LogP contribution in [0.15, 0.2) is 18.2 Å². The number of halogens is 3. The lowest BCUT2D eigenvalue weighted by molar-refractivity contribution is -0.136. The summed E-state index contributed by atoms with van der Waals surface area (Å²) in [5, 5.41) is 5.24. The van der Waals surface area contributed by atoms with Crippen molar-refractivity contribution in [2.75, 3.05) is 17.6 Å². The van der Waals surface area contributed by atoms with Crippen LogP contribution in [0.3, 0.4) is 0 Å². The molecule has 7 heteroatoms. The van der Waals surface area contributed by atoms with Gasteiger partial charge in [0.2, 0.25) is 5.91 Å². The number of nitrogens with two attached hydrogens (primary N) is 1. The van der Waals surface area contributed by atoms with E-state index in [0.717, 1.165) is 12.1 Å². The second kappa shape index (κ2) is 5.81. The number of nitrogen functional groups attached to an aromatic ring is 1. The number of amides is 1. The van der Waals surface area contributed by atoms with Gasteiger partial charge in [0.15, 0.2) is 0 Å². The van der Waals surface area contributed by atoms with Crippen molar-refractivity contribution in [2.45, 2.75) is 26.1 Å². The minimum absolute atomic E-state index is 0.0218. The average molecular weight is 275 g/mol. The number of alkyl halides is 3. The van der Waals surface area contributed by atoms with E-state index in [9.17, 15) is 18.0 Å². The second-order valence-electron chi connectivity index (χ2n) is 4.38. The van der Waals surface area contributed by atoms with Crippen LogP contribution in [0, 0.1) is 0 Å². The number of carbonyl (C=O) groups is 1. The predicted octanol–water partition coefficient (Wildman–Crippen LogP) is 2.22. The van der Waals surface area contributed by atoms with Crippen LogP contribution < -0.4 is 16.4 Å². The van der Waals surface area contributed by atoms with Gasteiger partial charge in [0.1, 0.15) is 0 Å². The van der Waals surface area contributed by atoms with Gasteiger partial charge in [-0.25, -0.2) is 0 Å². The van der Waals surface area contributed by atoms with E-state index in [1.165, 1.54) is 6.07 Å². The molecule has 0 radical (unpaired) electrons. The van der Waals surface area contributed by atoms with Gasteiger partial charge in [-0.15, -0.1) is 0 Å². The first-order valence-electron chi connectivity index (χ1n) is 5.70. The molecule has 0 spiro atoms. The van der Waals surface area contributed by atoms with Crippen LogP contribution in [0.5, 0.6) is 0 Å². The molecule has 0 bridgehead atoms. The van der Waals surface area contributed by atoms with Gasteiger partial charge in [0.05, 0.1) is 12.1 Å². The van der Waals surface area contributed by atoms with Crippen molar-refractivity contribution in [3.63, 3.8) is 0 Å². The molecule has 0 aliphatic carbocycles. The molecule has 4 N–H and O–H groups in total. The molecule has 0 unspecified atom stereocenters. The van der Waals surface area contributed by atoms with E-state index in [4.69, 9.17) is 5.73 Å². The third kappa shape index (κ3) is 4.69. The molecule has 4 nitrogen and oxygen atoms in total. The van der Waals surface area contributed by atoms with Gasteiger partial charge in [-0.1, -0.05) is 0 Å². The van der Waals surface area contributed by atoms with Crippen LogP contribution in [0.1, 0.15) is 19.4 Å². The second-order valence-corrected chi connectivity index (χ2v) is 4.38. The standard InChI is InChI=1S/C12H16F3N3O/c1-7(2)18-11(19)6-17-8-3-4-10(16)9(5-8)12(13,14)15/h3-5,7,17H,6,16H2,1-2H3,(H,18,19). The van der Waals surface area contributed by atoms with Crippen molar-refractivity contribution in [1.82, 2.24) is 5.32 Å². The largest absolute Gasteiger partial charge is 0.418 e. The normalized spacial score (nSPS) is 11.5. The highest BCUT2D eigenvalue weighted by Crippen LogP contribution is 2.34. The zero-order valence-corrected chi connectivity index (χ0v) is 10.6. The number of hydrogen-bond acceptors (Lipinski definition) is 3. The van der Waals surface area contributed by atoms with E-state index >= 15 is 0 Å². The Morgan fingerprint density at radius 2 is 2.00 bits per heavy atom. The fraction of sp³-hybridized carbons (Fsp3) is 0.417. The van der Waals surface area contributed by atoms with E-state index in [1.54, 1.807) is 13.8 Å². The Morgan fingerprint density at radius 3 is 2.53 bits per heavy atom. The number of anilines is 2. The van der Waals surface area contributed by atoms with Crippen molar-refractivity contribution in [3.8, 4) is 0 Å². The highest BCUT2D eigenvalue weighted by molar-refractivity contribution is 5.81. The highest BCUT2D eigenvalue weighted by Gasteiger charge is 2.33. The van der Waals surface area contributed by atoms with Crippen molar-refractivity contribution in [3.05, 3.63) is 23.8 Å². The van der Waals surface area contributed by atoms with Crippen LogP contribution >= 0.6 is 0 Å². The molecule has 0 aliphatic rings. The SMILES string of the molecule is CC(C)NC(=O)CNc1ccc(N)c(C(F)(F)F)c1. The summed E-state index contributed by atoms with van der Waals surface area (Å²) < 4.78 is 37.8. The third-order valence-electron chi connectivity index (χ3n) is 2.26. The molecule has 0 fully saturated rings. The quantitative estimate of drug-likeness (QED) is 0.738. The fourth-order valence-electron chi connectivity index (χ4n) is 1.47. The number of benzene rings is 1. The Kier molecular flexibility index (Phi) is 4.63. The first kappa shape index (κ1) is 15.1. The molecule has 0 aliphatic heterocycles. The molecular formula is C12H16F3N3O. The zero-order chi connectivity index (χ0) is 14.6. The molecule has 0 aromatic heterocycles. The number of carbonyl (C=O) groups excluding carboxylic acids is 1. The molecule has 0 atom stereocenters. The summed E-state index contributed by atoms with van der Waals surface area (Å²) in [6.45, 7) is 3.49. The van der Waals surface area contributed by atoms with E-state index in [1.807, 2.05) is 0 Å². The van der Waals surface area contributed by atoms with E-state index in [-0.39, 0.29) is 29.9 Å². The number of hydrogen-bond donors (Lipinski definition) is 3. The van der Waals surface area contributed by atoms with Gasteiger partial charge in [-0.3, -0.25) is 4.79 Å². The zero-order valence-electron chi connectivity index (χ0n) is 10.6. The lowest BCUT2D eigenvalue weighted by Gasteiger charge is -2.13. The Bertz CT molecular complexity index is 458. The predicted molar refractivity (Wildman–Crippen MR) is 67.6 cm³/mol. The number of rotatable bonds is 4. The van der Waals surface area contributed by atoms with Crippen molar-refractivity contribution in [2.24, 2.45) is 0 Å². The Labute approximate surface area is 109 Å². The van der Waals surface area contributed by atoms with Gasteiger partial charge in [0.25, 0.3) is 0 Å². The van der Waals surface area contributed by atoms with Gasteiger partial charge < -0.3 is 16.4 Å². The van der Waals surface area contributed by atoms with Crippen LogP contribution in [0.4, 0.5) is 24.5 Å². The molecule has 1 rings (SSSR count). The third-order valence-corrected chi connectivity index (χ3v) is 2.26. The fourth-order valence-corrected chi connectivity index (χ4v) is 1.47. The molecule has 0 saturated heterocycles. The minimum Gasteiger partial charge on any atom is -0.398 e. The Morgan fingerprint density at radius 1 is 1.37 bits per heavy atom. The summed E-state index contributed by atoms with van der Waals surface area (Å²) >= 11 is 0. The van der Waals surface area contributed by atoms with Crippen molar-refractivity contribution < 1.29 is 18.0 Å². The first-order chi connectivity index (χ1) is 8.70. The Balaban J connectivity index is 2.73. The lowest BCUT2D eigenvalue weighted by atomic mass is 10.1. The molecular weight excluding hydrogens is 259 g/mol. The van der Waals surface area contributed by atoms with Crippen LogP contribution in [0.25, 0.3) is 0 Å². The molecule has 106 valence electrons. The first-order valence-corrected chi connectivity index (χ1v) is 5.70. The van der Waals surface area contributed by atoms with Crippen molar-refractivity contribution in [1.29, 1.82) is 0 Å². The highest BCUT2D eigenvalue weighted by atomic mass is 19.4. The van der Waals surface area contributed by atoms with Gasteiger partial charge in [-0.05, 0) is 32.0 Å². The topological polar surface area (TPSA) is 67.2 Å². The van der Waals surface area contributed by atoms with Gasteiger partial charge in [0, 0.05) is 17.4 Å². The Hall–Kier alpha value is -1.92. The maximum Gasteiger partial charge on any atom is 0.418 e. The van der Waals surface area contributed by atoms with Crippen molar-refractivity contribution >= 4 is 17.3 Å². The summed E-state index contributed by atoms with van der Waals surface area (Å²) in [5.74, 6) is -0.291. The molecule has 0 saturated carbocycles. The van der Waals surface area contributed by atoms with E-state index in [2.05, 4.69) is 10.6 Å². The van der Waals surface area contributed by atoms with Gasteiger partial charge in [-0.2, -0.15) is 13.2 Å². The summed E-state index contributed by atoms with van der Waals surface area (Å²) in [6.07, 6.45) is -4.51. The van der Waals surface area contributed by atoms with E-state index < -0.39 is 11.7 Å². The minimum atomic E-state index is -4.51. The van der Waals surface area contributed by atoms with Crippen LogP contribution in [-0.2, 0) is 11.0 Å². The molecule has 1 aromatic carbocycles. The lowest BCUT2D eigenvalue weighted by Crippen LogP contribution is -2.34. The molecule has 1 aromatic rings. The average Bonchev–Trinajstić information content (AvgIpc) is 2.25. The van der Waals surface area contributed by atoms with Crippen LogP contribution in [0.2, 0.25) is 0 Å². The summed E-state index contributed by atoms with van der Waals surface area (Å²) in [6, 6.07) is 3.42. The van der Waals surface area contributed by atoms with Crippen LogP contribution in [-0.4, -0.2) is 18.5 Å². The van der Waals surface area contributed by atoms with E-state index in [0.29, 0.717) is 0 Å². The molecule has 19 heavy (non-hydrogen) atoms. The number of nitrogens with one attached hydrogen (secondary N) is 2. The molecule has 0 heterocycles. The summed E-state index contributed by atoms with van der Waals surface area (Å²) in [7, 11) is 0. The summed E-state index contributed by atoms with van der Waals surface area (Å²) in [5.41, 5.74) is 4.21. The summed E-state index contributed by atoms with van der Waals surface area (Å²) in [4.78, 5) is 11.4. The maximum atomic E-state index is 12.6. The maximum absolute atomic E-state index is 12.6.